The average molecular weight is 1520 g/mol. The van der Waals surface area contributed by atoms with Gasteiger partial charge in [-0.2, -0.15) is 0 Å². The summed E-state index contributed by atoms with van der Waals surface area (Å²) < 4.78 is 0. The van der Waals surface area contributed by atoms with Gasteiger partial charge in [0, 0.05) is 91.8 Å². The molecule has 0 aliphatic carbocycles. The van der Waals surface area contributed by atoms with Gasteiger partial charge in [-0.05, 0) is 86.9 Å². The van der Waals surface area contributed by atoms with Crippen LogP contribution in [0.4, 0.5) is 17.1 Å². The SMILES string of the molecule is I.II.Nc1cccc2c1C(=O)N(C1CCC(=O)NC1=O)C2=O.O=C1CCC(N2C(=O)c3cccc(NC(=O)CCCCCBr)c3C2=O)C(=O)N1.[N-]=[N+]=NCCCCCC(=O)Nc1cccc2c1C(=O)N(C1CCC(=O)NC1=O)C2=O. The van der Waals surface area contributed by atoms with E-state index in [0.717, 1.165) is 39.3 Å². The number of rotatable bonds is 16. The Labute approximate surface area is 510 Å². The summed E-state index contributed by atoms with van der Waals surface area (Å²) in [6, 6.07) is 10.7. The molecule has 26 nitrogen and oxygen atoms in total. The molecule has 3 aromatic carbocycles. The number of piperidine rings is 3. The van der Waals surface area contributed by atoms with Crippen molar-refractivity contribution in [2.24, 2.45) is 5.11 Å². The summed E-state index contributed by atoms with van der Waals surface area (Å²) in [5, 5.41) is 16.1. The number of azide groups is 1. The minimum atomic E-state index is -1.06. The molecule has 0 radical (unpaired) electrons. The molecule has 6 aliphatic rings. The fourth-order valence-corrected chi connectivity index (χ4v) is 9.85. The zero-order chi connectivity index (χ0) is 58.4. The maximum Gasteiger partial charge on any atom is 0.264 e. The van der Waals surface area contributed by atoms with Crippen LogP contribution in [0.25, 0.3) is 10.4 Å². The number of alkyl halides is 1. The summed E-state index contributed by atoms with van der Waals surface area (Å²) in [5.74, 6) is -7.46. The molecule has 0 spiro atoms. The quantitative estimate of drug-likeness (QED) is 0.0141. The lowest BCUT2D eigenvalue weighted by Gasteiger charge is -2.27. The number of nitrogens with one attached hydrogen (secondary N) is 5. The minimum absolute atomic E-state index is 0. The van der Waals surface area contributed by atoms with Crippen LogP contribution in [0.3, 0.4) is 0 Å². The Bertz CT molecular complexity index is 3160. The fourth-order valence-electron chi connectivity index (χ4n) is 9.45. The van der Waals surface area contributed by atoms with Gasteiger partial charge in [0.2, 0.25) is 47.3 Å². The topological polar surface area (TPSA) is 384 Å². The van der Waals surface area contributed by atoms with Gasteiger partial charge < -0.3 is 16.4 Å². The maximum absolute atomic E-state index is 12.9. The van der Waals surface area contributed by atoms with Crippen molar-refractivity contribution in [3.63, 3.8) is 0 Å². The monoisotopic (exact) mass is 1520 g/mol. The van der Waals surface area contributed by atoms with Gasteiger partial charge in [0.1, 0.15) is 18.1 Å². The predicted octanol–water partition coefficient (Wildman–Crippen LogP) is 5.94. The second kappa shape index (κ2) is 30.3. The summed E-state index contributed by atoms with van der Waals surface area (Å²) in [6.07, 6.45) is 5.57. The van der Waals surface area contributed by atoms with E-state index in [1.807, 2.05) is 0 Å². The number of halogens is 4. The van der Waals surface area contributed by atoms with Gasteiger partial charge in [0.05, 0.1) is 44.8 Å². The third-order valence-corrected chi connectivity index (χ3v) is 13.8. The summed E-state index contributed by atoms with van der Waals surface area (Å²) in [5.41, 5.74) is 15.3. The van der Waals surface area contributed by atoms with Crippen LogP contribution in [-0.2, 0) is 38.4 Å². The highest BCUT2D eigenvalue weighted by atomic mass is 128. The third-order valence-electron chi connectivity index (χ3n) is 13.2. The maximum atomic E-state index is 12.9. The van der Waals surface area contributed by atoms with Crippen LogP contribution in [0.5, 0.6) is 0 Å². The number of imide groups is 6. The van der Waals surface area contributed by atoms with E-state index in [9.17, 15) is 67.1 Å². The minimum Gasteiger partial charge on any atom is -0.398 e. The first kappa shape index (κ1) is 65.0. The van der Waals surface area contributed by atoms with Crippen molar-refractivity contribution in [2.75, 3.05) is 28.2 Å². The molecule has 14 amide bonds. The van der Waals surface area contributed by atoms with E-state index in [2.05, 4.69) is 89.8 Å². The highest BCUT2D eigenvalue weighted by molar-refractivity contribution is 15.0. The molecule has 9 rings (SSSR count). The third kappa shape index (κ3) is 15.2. The van der Waals surface area contributed by atoms with Gasteiger partial charge in [-0.3, -0.25) is 97.8 Å². The van der Waals surface area contributed by atoms with Gasteiger partial charge in [-0.15, -0.1) is 24.0 Å². The lowest BCUT2D eigenvalue weighted by molar-refractivity contribution is -0.137. The Balaban J connectivity index is 0.000000222. The number of benzene rings is 3. The summed E-state index contributed by atoms with van der Waals surface area (Å²) >= 11 is 7.58. The standard InChI is InChI=1S/C19H20BrN3O5.C19H20N6O5.C13H11N3O4.I2.HI/c20-10-3-1-2-7-14(24)21-12-6-4-5-11-16(12)19(28)23(18(11)27)13-8-9-15(25)22-17(13)26;20-24-21-10-3-1-2-7-14(26)22-12-6-4-5-11-16(12)19(30)25(18(11)29)13-8-9-15(27)23-17(13)28;14-7-3-1-2-6-10(7)13(20)16(12(6)19)8-4-5-9(17)15-11(8)18;1-2;/h4-6,13H,1-3,7-10H2,(H,21,24)(H,22,25,26);4-6,13H,1-3,7-10H2,(H,22,26)(H,23,27,28);1-3,8H,4-5,14H2,(H,15,17,18);;1H. The highest BCUT2D eigenvalue weighted by Crippen LogP contribution is 2.35. The van der Waals surface area contributed by atoms with Crippen LogP contribution in [0, 0.1) is 0 Å². The van der Waals surface area contributed by atoms with E-state index in [1.54, 1.807) is 24.3 Å². The van der Waals surface area contributed by atoms with Crippen molar-refractivity contribution in [3.8, 4) is 0 Å². The number of carbonyl (C=O) groups excluding carboxylic acids is 14. The molecule has 0 saturated carbocycles. The van der Waals surface area contributed by atoms with Crippen LogP contribution in [0.1, 0.15) is 152 Å². The van der Waals surface area contributed by atoms with E-state index < -0.39 is 89.0 Å². The second-order valence-electron chi connectivity index (χ2n) is 18.4. The van der Waals surface area contributed by atoms with Crippen LogP contribution in [-0.4, -0.2) is 127 Å². The Morgan fingerprint density at radius 1 is 0.556 bits per heavy atom. The van der Waals surface area contributed by atoms with Gasteiger partial charge in [0.15, 0.2) is 0 Å². The van der Waals surface area contributed by atoms with Gasteiger partial charge >= 0.3 is 0 Å². The normalized spacial score (nSPS) is 18.7. The molecule has 0 aromatic heterocycles. The van der Waals surface area contributed by atoms with E-state index in [4.69, 9.17) is 11.3 Å². The van der Waals surface area contributed by atoms with Crippen LogP contribution in [0.15, 0.2) is 59.7 Å². The number of anilines is 3. The van der Waals surface area contributed by atoms with Crippen molar-refractivity contribution in [2.45, 2.75) is 108 Å². The van der Waals surface area contributed by atoms with Crippen molar-refractivity contribution < 1.29 is 67.1 Å². The molecule has 3 unspecified atom stereocenters. The number of amides is 14. The van der Waals surface area contributed by atoms with Crippen LogP contribution in [0.2, 0.25) is 0 Å². The Morgan fingerprint density at radius 3 is 1.27 bits per heavy atom. The zero-order valence-corrected chi connectivity index (χ0v) is 51.0. The number of nitrogens with two attached hydrogens (primary N) is 1. The van der Waals surface area contributed by atoms with E-state index in [0.29, 0.717) is 32.2 Å². The van der Waals surface area contributed by atoms with Gasteiger partial charge in [0.25, 0.3) is 35.4 Å². The van der Waals surface area contributed by atoms with E-state index >= 15 is 0 Å². The largest absolute Gasteiger partial charge is 0.398 e. The molecule has 3 fully saturated rings. The molecule has 7 N–H and O–H groups in total. The molecule has 3 saturated heterocycles. The molecular formula is C51H52BrI3N12O14. The van der Waals surface area contributed by atoms with Crippen LogP contribution < -0.4 is 32.3 Å². The van der Waals surface area contributed by atoms with E-state index in [1.165, 1.54) is 30.3 Å². The van der Waals surface area contributed by atoms with E-state index in [-0.39, 0.29) is 131 Å². The molecule has 30 heteroatoms. The molecule has 3 aromatic rings. The van der Waals surface area contributed by atoms with Crippen molar-refractivity contribution in [3.05, 3.63) is 98.4 Å². The number of nitrogen functional groups attached to an aromatic ring is 1. The number of unbranched alkanes of at least 4 members (excludes halogenated alkanes) is 4. The first-order chi connectivity index (χ1) is 38.4. The molecule has 6 heterocycles. The molecule has 0 bridgehead atoms. The summed E-state index contributed by atoms with van der Waals surface area (Å²) in [6.45, 7) is 0.372. The lowest BCUT2D eigenvalue weighted by Crippen LogP contribution is -2.54. The van der Waals surface area contributed by atoms with Crippen molar-refractivity contribution in [1.82, 2.24) is 30.7 Å². The fraction of sp³-hybridized carbons (Fsp3) is 0.373. The zero-order valence-electron chi connectivity index (χ0n) is 42.8. The van der Waals surface area contributed by atoms with Gasteiger partial charge in [-0.25, -0.2) is 0 Å². The first-order valence-corrected chi connectivity index (χ1v) is 32.4. The lowest BCUT2D eigenvalue weighted by atomic mass is 10.0. The molecular weight excluding hydrogens is 1470 g/mol. The molecule has 6 aliphatic heterocycles. The Hall–Kier alpha value is -6.78. The van der Waals surface area contributed by atoms with Crippen molar-refractivity contribution >= 4 is 177 Å². The van der Waals surface area contributed by atoms with Crippen molar-refractivity contribution in [1.29, 1.82) is 0 Å². The van der Waals surface area contributed by atoms with Crippen LogP contribution >= 0.6 is 77.1 Å². The smallest absolute Gasteiger partial charge is 0.264 e. The second-order valence-corrected chi connectivity index (χ2v) is 19.2. The number of fused-ring (bicyclic) bond motifs is 3. The Morgan fingerprint density at radius 2 is 0.914 bits per heavy atom. The summed E-state index contributed by atoms with van der Waals surface area (Å²) in [4.78, 5) is 176. The predicted molar refractivity (Wildman–Crippen MR) is 319 cm³/mol. The Kier molecular flexibility index (Phi) is 24.3. The molecule has 428 valence electrons. The molecule has 3 atom stereocenters. The molecule has 81 heavy (non-hydrogen) atoms. The first-order valence-electron chi connectivity index (χ1n) is 25.0. The number of hydrogen-bond donors (Lipinski definition) is 6. The highest BCUT2D eigenvalue weighted by Gasteiger charge is 2.48. The number of carbonyl (C=O) groups is 14. The summed E-state index contributed by atoms with van der Waals surface area (Å²) in [7, 11) is 0. The van der Waals surface area contributed by atoms with Gasteiger partial charge in [-0.1, -0.05) is 52.1 Å². The average Bonchev–Trinajstić information content (AvgIpc) is 4.04. The number of hydrogen-bond acceptors (Lipinski definition) is 16. The number of nitrogens with zero attached hydrogens (tertiary/aromatic N) is 6.